The quantitative estimate of drug-likeness (QED) is 0.121. The van der Waals surface area contributed by atoms with Gasteiger partial charge in [-0.15, -0.1) is 0 Å². The molecule has 0 fully saturated rings. The van der Waals surface area contributed by atoms with E-state index in [4.69, 9.17) is 21.9 Å². The van der Waals surface area contributed by atoms with E-state index in [1.165, 1.54) is 28.7 Å². The number of nitrogens with one attached hydrogen (secondary N) is 1. The number of benzene rings is 3. The molecule has 0 aliphatic rings. The van der Waals surface area contributed by atoms with E-state index < -0.39 is 0 Å². The highest BCUT2D eigenvalue weighted by atomic mass is 32.2. The Kier molecular flexibility index (Phi) is 8.25. The van der Waals surface area contributed by atoms with Gasteiger partial charge >= 0.3 is 0 Å². The Morgan fingerprint density at radius 3 is 2.33 bits per heavy atom. The van der Waals surface area contributed by atoms with Gasteiger partial charge in [-0.1, -0.05) is 60.4 Å². The average molecular weight is 575 g/mol. The summed E-state index contributed by atoms with van der Waals surface area (Å²) >= 11 is 8.10. The van der Waals surface area contributed by atoms with Gasteiger partial charge in [0.1, 0.15) is 10.4 Å². The smallest absolute Gasteiger partial charge is 0.278 e. The van der Waals surface area contributed by atoms with Crippen LogP contribution in [0.5, 0.6) is 5.75 Å². The van der Waals surface area contributed by atoms with E-state index in [0.717, 1.165) is 23.5 Å². The monoisotopic (exact) mass is 574 g/mol. The van der Waals surface area contributed by atoms with Crippen LogP contribution in [0.1, 0.15) is 19.4 Å². The summed E-state index contributed by atoms with van der Waals surface area (Å²) in [5.41, 5.74) is 3.60. The molecule has 198 valence electrons. The molecular weight excluding hydrogens is 549 g/mol. The van der Waals surface area contributed by atoms with Crippen LogP contribution < -0.4 is 15.6 Å². The van der Waals surface area contributed by atoms with Crippen LogP contribution in [-0.2, 0) is 11.2 Å². The fraction of sp³-hybridized carbons (Fsp3) is 0.172. The number of thiazole rings is 1. The molecule has 39 heavy (non-hydrogen) atoms. The molecule has 3 aromatic carbocycles. The molecular formula is C29H26N4O3S3. The number of ether oxygens (including phenoxy) is 1. The van der Waals surface area contributed by atoms with Gasteiger partial charge in [-0.25, -0.2) is 4.98 Å². The van der Waals surface area contributed by atoms with Gasteiger partial charge in [0.15, 0.2) is 14.8 Å². The van der Waals surface area contributed by atoms with Crippen molar-refractivity contribution in [3.05, 3.63) is 98.7 Å². The standard InChI is InChI=1S/C29H26N4O3S3/c1-3-19-10-12-20(13-11-19)30-24(34)18-38-28-31-26-25(27(35)33(28)21-8-6-5-7-9-21)39-29(37)32(26)22-14-16-23(17-15-22)36-4-2/h5-17H,3-4,18H2,1-2H3,(H,30,34). The Morgan fingerprint density at radius 1 is 0.974 bits per heavy atom. The van der Waals surface area contributed by atoms with Gasteiger partial charge in [0, 0.05) is 11.4 Å². The maximum Gasteiger partial charge on any atom is 0.278 e. The van der Waals surface area contributed by atoms with Crippen LogP contribution in [0, 0.1) is 3.95 Å². The van der Waals surface area contributed by atoms with Crippen molar-refractivity contribution >= 4 is 57.3 Å². The van der Waals surface area contributed by atoms with E-state index in [-0.39, 0.29) is 17.2 Å². The maximum atomic E-state index is 13.8. The fourth-order valence-electron chi connectivity index (χ4n) is 4.07. The summed E-state index contributed by atoms with van der Waals surface area (Å²) in [5, 5.41) is 3.33. The van der Waals surface area contributed by atoms with E-state index in [9.17, 15) is 9.59 Å². The van der Waals surface area contributed by atoms with Crippen LogP contribution in [0.4, 0.5) is 5.69 Å². The first-order valence-electron chi connectivity index (χ1n) is 12.5. The number of thioether (sulfide) groups is 1. The van der Waals surface area contributed by atoms with Gasteiger partial charge in [-0.3, -0.25) is 18.7 Å². The lowest BCUT2D eigenvalue weighted by atomic mass is 10.1. The normalized spacial score (nSPS) is 11.0. The Labute approximate surface area is 239 Å². The number of carbonyl (C=O) groups excluding carboxylic acids is 1. The number of para-hydroxylation sites is 1. The fourth-order valence-corrected chi connectivity index (χ4v) is 6.18. The molecule has 0 aliphatic carbocycles. The zero-order valence-electron chi connectivity index (χ0n) is 21.4. The van der Waals surface area contributed by atoms with Crippen LogP contribution in [0.3, 0.4) is 0 Å². The second-order valence-electron chi connectivity index (χ2n) is 8.54. The van der Waals surface area contributed by atoms with Gasteiger partial charge in [0.05, 0.1) is 18.0 Å². The molecule has 1 amide bonds. The molecule has 0 spiro atoms. The molecule has 0 radical (unpaired) electrons. The van der Waals surface area contributed by atoms with E-state index in [1.807, 2.05) is 85.8 Å². The summed E-state index contributed by atoms with van der Waals surface area (Å²) < 4.78 is 9.86. The Bertz CT molecular complexity index is 1730. The minimum Gasteiger partial charge on any atom is -0.494 e. The second-order valence-corrected chi connectivity index (χ2v) is 11.1. The van der Waals surface area contributed by atoms with Gasteiger partial charge in [-0.05, 0) is 79.7 Å². The minimum atomic E-state index is -0.231. The topological polar surface area (TPSA) is 78.1 Å². The first-order valence-corrected chi connectivity index (χ1v) is 14.7. The largest absolute Gasteiger partial charge is 0.494 e. The molecule has 0 saturated heterocycles. The van der Waals surface area contributed by atoms with Crippen molar-refractivity contribution < 1.29 is 9.53 Å². The van der Waals surface area contributed by atoms with Crippen LogP contribution in [-0.4, -0.2) is 32.4 Å². The van der Waals surface area contributed by atoms with Crippen molar-refractivity contribution in [2.75, 3.05) is 17.7 Å². The molecule has 5 rings (SSSR count). The third kappa shape index (κ3) is 5.83. The zero-order valence-corrected chi connectivity index (χ0v) is 23.9. The third-order valence-corrected chi connectivity index (χ3v) is 8.27. The first kappa shape index (κ1) is 26.9. The number of aromatic nitrogens is 3. The zero-order chi connectivity index (χ0) is 27.4. The third-order valence-electron chi connectivity index (χ3n) is 5.98. The van der Waals surface area contributed by atoms with Crippen molar-refractivity contribution in [3.63, 3.8) is 0 Å². The van der Waals surface area contributed by atoms with Gasteiger partial charge in [0.2, 0.25) is 5.91 Å². The maximum absolute atomic E-state index is 13.8. The van der Waals surface area contributed by atoms with Crippen molar-refractivity contribution in [3.8, 4) is 17.1 Å². The van der Waals surface area contributed by atoms with E-state index in [1.54, 1.807) is 9.13 Å². The number of carbonyl (C=O) groups is 1. The van der Waals surface area contributed by atoms with Crippen molar-refractivity contribution in [1.82, 2.24) is 14.1 Å². The van der Waals surface area contributed by atoms with Crippen molar-refractivity contribution in [2.24, 2.45) is 0 Å². The molecule has 5 aromatic rings. The Hall–Kier alpha value is -3.73. The van der Waals surface area contributed by atoms with Crippen molar-refractivity contribution in [1.29, 1.82) is 0 Å². The summed E-state index contributed by atoms with van der Waals surface area (Å²) in [5.74, 6) is 0.638. The number of hydrogen-bond donors (Lipinski definition) is 1. The van der Waals surface area contributed by atoms with E-state index in [0.29, 0.717) is 31.8 Å². The Morgan fingerprint density at radius 2 is 1.67 bits per heavy atom. The lowest BCUT2D eigenvalue weighted by molar-refractivity contribution is -0.113. The predicted molar refractivity (Wildman–Crippen MR) is 162 cm³/mol. The molecule has 10 heteroatoms. The van der Waals surface area contributed by atoms with Crippen LogP contribution in [0.15, 0.2) is 88.8 Å². The summed E-state index contributed by atoms with van der Waals surface area (Å²) in [6.07, 6.45) is 0.931. The summed E-state index contributed by atoms with van der Waals surface area (Å²) in [6.45, 7) is 4.58. The molecule has 7 nitrogen and oxygen atoms in total. The first-order chi connectivity index (χ1) is 19.0. The number of aryl methyl sites for hydroxylation is 1. The molecule has 0 unspecified atom stereocenters. The highest BCUT2D eigenvalue weighted by Gasteiger charge is 2.20. The molecule has 1 N–H and O–H groups in total. The molecule has 2 heterocycles. The van der Waals surface area contributed by atoms with Gasteiger partial charge < -0.3 is 10.1 Å². The summed E-state index contributed by atoms with van der Waals surface area (Å²) in [7, 11) is 0. The summed E-state index contributed by atoms with van der Waals surface area (Å²) in [6, 6.07) is 24.6. The number of nitrogens with zero attached hydrogens (tertiary/aromatic N) is 3. The minimum absolute atomic E-state index is 0.0776. The van der Waals surface area contributed by atoms with Gasteiger partial charge in [-0.2, -0.15) is 0 Å². The molecule has 0 aliphatic heterocycles. The molecule has 0 saturated carbocycles. The van der Waals surface area contributed by atoms with E-state index in [2.05, 4.69) is 12.2 Å². The van der Waals surface area contributed by atoms with Crippen LogP contribution in [0.2, 0.25) is 0 Å². The van der Waals surface area contributed by atoms with Gasteiger partial charge in [0.25, 0.3) is 5.56 Å². The number of hydrogen-bond acceptors (Lipinski definition) is 7. The van der Waals surface area contributed by atoms with E-state index >= 15 is 0 Å². The van der Waals surface area contributed by atoms with Crippen molar-refractivity contribution in [2.45, 2.75) is 25.4 Å². The highest BCUT2D eigenvalue weighted by molar-refractivity contribution is 7.99. The Balaban J connectivity index is 1.53. The number of fused-ring (bicyclic) bond motifs is 1. The van der Waals surface area contributed by atoms with Crippen LogP contribution in [0.25, 0.3) is 21.7 Å². The summed E-state index contributed by atoms with van der Waals surface area (Å²) in [4.78, 5) is 31.5. The number of rotatable bonds is 9. The van der Waals surface area contributed by atoms with Crippen LogP contribution >= 0.6 is 35.3 Å². The lowest BCUT2D eigenvalue weighted by Gasteiger charge is -2.13. The lowest BCUT2D eigenvalue weighted by Crippen LogP contribution is -2.22. The highest BCUT2D eigenvalue weighted by Crippen LogP contribution is 2.28. The molecule has 0 bridgehead atoms. The number of amides is 1. The average Bonchev–Trinajstić information content (AvgIpc) is 3.29. The molecule has 0 atom stereocenters. The SMILES string of the molecule is CCOc1ccc(-n2c(=S)sc3c(=O)n(-c4ccccc4)c(SCC(=O)Nc4ccc(CC)cc4)nc32)cc1. The molecule has 2 aromatic heterocycles. The predicted octanol–water partition coefficient (Wildman–Crippen LogP) is 6.66. The second kappa shape index (κ2) is 12.0. The number of anilines is 1.